The molecule has 2 N–H and O–H groups in total. The number of likely N-dealkylation sites (tertiary alicyclic amines) is 2. The van der Waals surface area contributed by atoms with Crippen LogP contribution in [0, 0.1) is 11.3 Å². The lowest BCUT2D eigenvalue weighted by atomic mass is 9.61. The van der Waals surface area contributed by atoms with Crippen molar-refractivity contribution in [2.75, 3.05) is 32.7 Å². The number of hydrogen-bond acceptors (Lipinski definition) is 8. The van der Waals surface area contributed by atoms with E-state index in [1.807, 2.05) is 25.7 Å². The van der Waals surface area contributed by atoms with Gasteiger partial charge in [0.1, 0.15) is 17.4 Å². The third-order valence-electron chi connectivity index (χ3n) is 9.90. The molecule has 0 aromatic heterocycles. The SMILES string of the molecule is CC(C)(C)OC(=O)N1CCC(CN2CCC3(CC2)CC(Oc2ccc4c(c2)C(=O)N(C2CCC(=O)NC2=O)C4O)C3)CC1. The topological polar surface area (TPSA) is 129 Å². The molecule has 1 aliphatic carbocycles. The first kappa shape index (κ1) is 29.9. The van der Waals surface area contributed by atoms with Gasteiger partial charge in [-0.25, -0.2) is 4.79 Å². The van der Waals surface area contributed by atoms with E-state index in [4.69, 9.17) is 9.47 Å². The Bertz CT molecular complexity index is 1270. The molecule has 0 radical (unpaired) electrons. The lowest BCUT2D eigenvalue weighted by Crippen LogP contribution is -2.53. The summed E-state index contributed by atoms with van der Waals surface area (Å²) in [5, 5.41) is 13.1. The number of ether oxygens (including phenoxy) is 2. The monoisotopic (exact) mass is 596 g/mol. The van der Waals surface area contributed by atoms with Crippen LogP contribution in [0.1, 0.15) is 94.3 Å². The van der Waals surface area contributed by atoms with Gasteiger partial charge in [0.05, 0.1) is 11.7 Å². The standard InChI is InChI=1S/C32H44N4O7/c1-31(2,3)43-30(41)35-12-8-20(9-13-35)19-34-14-10-32(11-15-34)17-22(18-32)42-21-4-5-23-24(16-21)29(40)36(28(23)39)25-6-7-26(37)33-27(25)38/h4-5,16,20,22,25,28,39H,6-15,17-19H2,1-3H3,(H,33,37,38). The van der Waals surface area contributed by atoms with Crippen LogP contribution in [0.4, 0.5) is 4.79 Å². The molecule has 234 valence electrons. The van der Waals surface area contributed by atoms with Crippen molar-refractivity contribution in [3.05, 3.63) is 29.3 Å². The van der Waals surface area contributed by atoms with Crippen LogP contribution in [-0.2, 0) is 14.3 Å². The number of piperidine rings is 3. The quantitative estimate of drug-likeness (QED) is 0.496. The van der Waals surface area contributed by atoms with E-state index in [2.05, 4.69) is 10.2 Å². The van der Waals surface area contributed by atoms with Crippen molar-refractivity contribution in [3.63, 3.8) is 0 Å². The number of amides is 4. The molecule has 1 aromatic carbocycles. The first-order chi connectivity index (χ1) is 20.4. The van der Waals surface area contributed by atoms with E-state index in [0.29, 0.717) is 28.2 Å². The fourth-order valence-electron chi connectivity index (χ4n) is 7.47. The highest BCUT2D eigenvalue weighted by Gasteiger charge is 2.48. The summed E-state index contributed by atoms with van der Waals surface area (Å²) in [6.07, 6.45) is 5.31. The van der Waals surface area contributed by atoms with E-state index in [1.54, 1.807) is 18.2 Å². The van der Waals surface area contributed by atoms with Crippen molar-refractivity contribution in [1.29, 1.82) is 0 Å². The summed E-state index contributed by atoms with van der Waals surface area (Å²) in [5.74, 6) is -0.133. The Hall–Kier alpha value is -3.18. The molecule has 11 heteroatoms. The van der Waals surface area contributed by atoms with Crippen LogP contribution >= 0.6 is 0 Å². The van der Waals surface area contributed by atoms with Gasteiger partial charge in [0.25, 0.3) is 5.91 Å². The third-order valence-corrected chi connectivity index (χ3v) is 9.90. The normalized spacial score (nSPS) is 26.7. The summed E-state index contributed by atoms with van der Waals surface area (Å²) in [6, 6.07) is 4.28. The van der Waals surface area contributed by atoms with Crippen molar-refractivity contribution < 1.29 is 33.8 Å². The number of imide groups is 1. The van der Waals surface area contributed by atoms with E-state index >= 15 is 0 Å². The Balaban J connectivity index is 0.949. The van der Waals surface area contributed by atoms with Gasteiger partial charge < -0.3 is 24.4 Å². The van der Waals surface area contributed by atoms with Crippen LogP contribution in [0.15, 0.2) is 18.2 Å². The first-order valence-corrected chi connectivity index (χ1v) is 15.8. The van der Waals surface area contributed by atoms with Gasteiger partial charge >= 0.3 is 6.09 Å². The lowest BCUT2D eigenvalue weighted by Gasteiger charge is -2.52. The summed E-state index contributed by atoms with van der Waals surface area (Å²) < 4.78 is 11.8. The number of nitrogens with zero attached hydrogens (tertiary/aromatic N) is 3. The number of aliphatic hydroxyl groups is 1. The summed E-state index contributed by atoms with van der Waals surface area (Å²) in [7, 11) is 0. The fraction of sp³-hybridized carbons (Fsp3) is 0.688. The molecule has 5 aliphatic rings. The van der Waals surface area contributed by atoms with Gasteiger partial charge in [-0.05, 0) is 102 Å². The van der Waals surface area contributed by atoms with Crippen molar-refractivity contribution in [2.45, 2.75) is 96.1 Å². The molecule has 11 nitrogen and oxygen atoms in total. The predicted molar refractivity (Wildman–Crippen MR) is 156 cm³/mol. The van der Waals surface area contributed by atoms with E-state index in [0.717, 1.165) is 71.2 Å². The second-order valence-electron chi connectivity index (χ2n) is 14.2. The minimum Gasteiger partial charge on any atom is -0.490 e. The van der Waals surface area contributed by atoms with E-state index in [9.17, 15) is 24.3 Å². The van der Waals surface area contributed by atoms with Crippen molar-refractivity contribution in [1.82, 2.24) is 20.0 Å². The molecule has 4 amide bonds. The van der Waals surface area contributed by atoms with Gasteiger partial charge in [0.15, 0.2) is 6.23 Å². The minimum absolute atomic E-state index is 0.0921. The summed E-state index contributed by atoms with van der Waals surface area (Å²) in [6.45, 7) is 10.5. The van der Waals surface area contributed by atoms with Crippen molar-refractivity contribution in [3.8, 4) is 5.75 Å². The zero-order valence-corrected chi connectivity index (χ0v) is 25.5. The number of carbonyl (C=O) groups excluding carboxylic acids is 4. The maximum Gasteiger partial charge on any atom is 0.410 e. The van der Waals surface area contributed by atoms with Crippen LogP contribution in [0.2, 0.25) is 0 Å². The van der Waals surface area contributed by atoms with Crippen LogP contribution < -0.4 is 10.1 Å². The Labute approximate surface area is 252 Å². The third kappa shape index (κ3) is 6.24. The van der Waals surface area contributed by atoms with E-state index in [-0.39, 0.29) is 30.9 Å². The molecule has 6 rings (SSSR count). The molecule has 2 unspecified atom stereocenters. The molecule has 4 aliphatic heterocycles. The van der Waals surface area contributed by atoms with Crippen LogP contribution in [0.5, 0.6) is 5.75 Å². The highest BCUT2D eigenvalue weighted by Crippen LogP contribution is 2.51. The van der Waals surface area contributed by atoms with E-state index in [1.165, 1.54) is 4.90 Å². The number of benzene rings is 1. The zero-order chi connectivity index (χ0) is 30.5. The number of nitrogens with one attached hydrogen (secondary N) is 1. The maximum absolute atomic E-state index is 13.2. The van der Waals surface area contributed by atoms with Crippen molar-refractivity contribution >= 4 is 23.8 Å². The second-order valence-corrected chi connectivity index (χ2v) is 14.2. The van der Waals surface area contributed by atoms with E-state index < -0.39 is 29.7 Å². The van der Waals surface area contributed by atoms with Gasteiger partial charge in [-0.1, -0.05) is 6.07 Å². The molecule has 1 spiro atoms. The smallest absolute Gasteiger partial charge is 0.410 e. The lowest BCUT2D eigenvalue weighted by molar-refractivity contribution is -0.139. The molecular formula is C32H44N4O7. The summed E-state index contributed by atoms with van der Waals surface area (Å²) in [5.41, 5.74) is 0.643. The number of hydrogen-bond donors (Lipinski definition) is 2. The van der Waals surface area contributed by atoms with Crippen LogP contribution in [-0.4, -0.2) is 94.1 Å². The van der Waals surface area contributed by atoms with Gasteiger partial charge in [0, 0.05) is 31.6 Å². The van der Waals surface area contributed by atoms with Crippen LogP contribution in [0.3, 0.4) is 0 Å². The highest BCUT2D eigenvalue weighted by molar-refractivity contribution is 6.05. The average molecular weight is 597 g/mol. The highest BCUT2D eigenvalue weighted by atomic mass is 16.6. The van der Waals surface area contributed by atoms with Gasteiger partial charge in [-0.3, -0.25) is 24.6 Å². The molecule has 2 atom stereocenters. The summed E-state index contributed by atoms with van der Waals surface area (Å²) >= 11 is 0. The molecule has 43 heavy (non-hydrogen) atoms. The Morgan fingerprint density at radius 1 is 1.05 bits per heavy atom. The molecule has 4 fully saturated rings. The number of rotatable bonds is 5. The zero-order valence-electron chi connectivity index (χ0n) is 25.5. The molecule has 1 aromatic rings. The molecule has 4 heterocycles. The fourth-order valence-corrected chi connectivity index (χ4v) is 7.47. The molecule has 0 bridgehead atoms. The van der Waals surface area contributed by atoms with Crippen LogP contribution in [0.25, 0.3) is 0 Å². The van der Waals surface area contributed by atoms with Crippen molar-refractivity contribution in [2.24, 2.45) is 11.3 Å². The molecule has 1 saturated carbocycles. The Kier molecular flexibility index (Phi) is 7.91. The number of aliphatic hydroxyl groups excluding tert-OH is 1. The van der Waals surface area contributed by atoms with Gasteiger partial charge in [-0.2, -0.15) is 0 Å². The number of carbonyl (C=O) groups is 4. The second kappa shape index (κ2) is 11.4. The first-order valence-electron chi connectivity index (χ1n) is 15.8. The van der Waals surface area contributed by atoms with Gasteiger partial charge in [-0.15, -0.1) is 0 Å². The summed E-state index contributed by atoms with van der Waals surface area (Å²) in [4.78, 5) is 55.0. The minimum atomic E-state index is -1.23. The molecule has 3 saturated heterocycles. The largest absolute Gasteiger partial charge is 0.490 e. The molecular weight excluding hydrogens is 552 g/mol. The van der Waals surface area contributed by atoms with Gasteiger partial charge in [0.2, 0.25) is 11.8 Å². The predicted octanol–water partition coefficient (Wildman–Crippen LogP) is 3.21. The maximum atomic E-state index is 13.2. The number of fused-ring (bicyclic) bond motifs is 1. The Morgan fingerprint density at radius 3 is 2.40 bits per heavy atom. The Morgan fingerprint density at radius 2 is 1.74 bits per heavy atom. The average Bonchev–Trinajstić information content (AvgIpc) is 3.17.